The van der Waals surface area contributed by atoms with Crippen molar-refractivity contribution in [3.63, 3.8) is 0 Å². The van der Waals surface area contributed by atoms with Crippen LogP contribution in [-0.2, 0) is 16.4 Å². The number of furan rings is 1. The van der Waals surface area contributed by atoms with Crippen LogP contribution in [0.2, 0.25) is 0 Å². The van der Waals surface area contributed by atoms with Crippen LogP contribution in [0.1, 0.15) is 23.0 Å². The van der Waals surface area contributed by atoms with Crippen LogP contribution in [-0.4, -0.2) is 27.5 Å². The number of ether oxygens (including phenoxy) is 1. The van der Waals surface area contributed by atoms with Gasteiger partial charge in [-0.1, -0.05) is 0 Å². The molecule has 0 atom stereocenters. The molecule has 0 bridgehead atoms. The number of anilines is 2. The Labute approximate surface area is 169 Å². The monoisotopic (exact) mass is 412 g/mol. The highest BCUT2D eigenvalue weighted by Gasteiger charge is 2.27. The van der Waals surface area contributed by atoms with Gasteiger partial charge >= 0.3 is 0 Å². The number of nitrogens with one attached hydrogen (secondary N) is 1. The zero-order chi connectivity index (χ0) is 20.4. The van der Waals surface area contributed by atoms with Crippen molar-refractivity contribution in [3.8, 4) is 5.75 Å². The van der Waals surface area contributed by atoms with E-state index in [0.29, 0.717) is 31.0 Å². The Morgan fingerprint density at radius 3 is 2.66 bits per heavy atom. The van der Waals surface area contributed by atoms with Gasteiger partial charge in [0.2, 0.25) is 0 Å². The third-order valence-corrected chi connectivity index (χ3v) is 6.05. The zero-order valence-corrected chi connectivity index (χ0v) is 16.6. The molecule has 150 valence electrons. The van der Waals surface area contributed by atoms with Crippen molar-refractivity contribution < 1.29 is 22.4 Å². The zero-order valence-electron chi connectivity index (χ0n) is 15.8. The van der Waals surface area contributed by atoms with Crippen LogP contribution in [0.25, 0.3) is 0 Å². The summed E-state index contributed by atoms with van der Waals surface area (Å²) in [5, 5.41) is 0. The molecule has 7 nitrogen and oxygen atoms in total. The second-order valence-corrected chi connectivity index (χ2v) is 8.22. The number of amides is 1. The third kappa shape index (κ3) is 3.84. The number of benzene rings is 2. The van der Waals surface area contributed by atoms with Crippen LogP contribution in [0, 0.1) is 0 Å². The number of hydrogen-bond acceptors (Lipinski definition) is 5. The van der Waals surface area contributed by atoms with E-state index in [-0.39, 0.29) is 16.6 Å². The fourth-order valence-electron chi connectivity index (χ4n) is 3.31. The molecule has 0 saturated carbocycles. The Kier molecular flexibility index (Phi) is 5.02. The van der Waals surface area contributed by atoms with Gasteiger partial charge in [0, 0.05) is 17.9 Å². The molecule has 0 spiro atoms. The molecule has 1 amide bonds. The van der Waals surface area contributed by atoms with Gasteiger partial charge in [0.25, 0.3) is 15.9 Å². The number of hydrogen-bond donors (Lipinski definition) is 1. The standard InChI is InChI=1S/C21H20N2O5S/c1-2-27-17-6-8-18(9-7-17)29(25,26)22-16-5-10-19-15(14-16)11-12-23(19)21(24)20-4-3-13-28-20/h3-10,13-14,22H,2,11-12H2,1H3. The first-order valence-electron chi connectivity index (χ1n) is 9.22. The molecule has 0 unspecified atom stereocenters. The second-order valence-electron chi connectivity index (χ2n) is 6.54. The van der Waals surface area contributed by atoms with E-state index in [0.717, 1.165) is 11.3 Å². The second kappa shape index (κ2) is 7.63. The highest BCUT2D eigenvalue weighted by atomic mass is 32.2. The van der Waals surface area contributed by atoms with Gasteiger partial charge in [0.15, 0.2) is 5.76 Å². The molecular formula is C21H20N2O5S. The van der Waals surface area contributed by atoms with Crippen LogP contribution in [0.5, 0.6) is 5.75 Å². The molecule has 1 aliphatic rings. The molecule has 0 radical (unpaired) electrons. The summed E-state index contributed by atoms with van der Waals surface area (Å²) in [6.07, 6.45) is 2.10. The summed E-state index contributed by atoms with van der Waals surface area (Å²) in [6, 6.07) is 14.7. The third-order valence-electron chi connectivity index (χ3n) is 4.65. The Balaban J connectivity index is 1.53. The van der Waals surface area contributed by atoms with Gasteiger partial charge in [-0.15, -0.1) is 0 Å². The average molecular weight is 412 g/mol. The van der Waals surface area contributed by atoms with Crippen LogP contribution in [0.3, 0.4) is 0 Å². The summed E-state index contributed by atoms with van der Waals surface area (Å²) < 4.78 is 38.5. The number of nitrogens with zero attached hydrogens (tertiary/aromatic N) is 1. The highest BCUT2D eigenvalue weighted by Crippen LogP contribution is 2.32. The molecule has 0 aliphatic carbocycles. The van der Waals surface area contributed by atoms with Crippen LogP contribution >= 0.6 is 0 Å². The highest BCUT2D eigenvalue weighted by molar-refractivity contribution is 7.92. The minimum Gasteiger partial charge on any atom is -0.494 e. The topological polar surface area (TPSA) is 88.9 Å². The summed E-state index contributed by atoms with van der Waals surface area (Å²) in [5.41, 5.74) is 2.11. The first kappa shape index (κ1) is 19.1. The minimum absolute atomic E-state index is 0.149. The largest absolute Gasteiger partial charge is 0.494 e. The Bertz CT molecular complexity index is 1120. The minimum atomic E-state index is -3.73. The molecule has 1 N–H and O–H groups in total. The van der Waals surface area contributed by atoms with Crippen LogP contribution in [0.15, 0.2) is 70.2 Å². The predicted octanol–water partition coefficient (Wildman–Crippen LogP) is 3.68. The molecule has 8 heteroatoms. The van der Waals surface area contributed by atoms with Gasteiger partial charge in [-0.3, -0.25) is 9.52 Å². The van der Waals surface area contributed by atoms with Gasteiger partial charge in [-0.2, -0.15) is 0 Å². The van der Waals surface area contributed by atoms with Crippen molar-refractivity contribution in [1.29, 1.82) is 0 Å². The molecule has 29 heavy (non-hydrogen) atoms. The number of sulfonamides is 1. The number of carbonyl (C=O) groups is 1. The van der Waals surface area contributed by atoms with Crippen molar-refractivity contribution >= 4 is 27.3 Å². The molecule has 0 fully saturated rings. The molecule has 0 saturated heterocycles. The lowest BCUT2D eigenvalue weighted by molar-refractivity contribution is 0.0963. The Hall–Kier alpha value is -3.26. The number of rotatable bonds is 6. The van der Waals surface area contributed by atoms with E-state index >= 15 is 0 Å². The van der Waals surface area contributed by atoms with E-state index in [1.807, 2.05) is 6.92 Å². The molecule has 4 rings (SSSR count). The summed E-state index contributed by atoms with van der Waals surface area (Å²) in [5.74, 6) is 0.680. The van der Waals surface area contributed by atoms with E-state index in [1.165, 1.54) is 18.4 Å². The molecule has 2 aromatic carbocycles. The number of carbonyl (C=O) groups excluding carboxylic acids is 1. The maximum Gasteiger partial charge on any atom is 0.293 e. The van der Waals surface area contributed by atoms with Crippen molar-refractivity contribution in [2.75, 3.05) is 22.8 Å². The van der Waals surface area contributed by atoms with E-state index in [4.69, 9.17) is 9.15 Å². The van der Waals surface area contributed by atoms with Crippen LogP contribution < -0.4 is 14.4 Å². The fraction of sp³-hybridized carbons (Fsp3) is 0.190. The first-order valence-corrected chi connectivity index (χ1v) is 10.7. The lowest BCUT2D eigenvalue weighted by Gasteiger charge is -2.16. The molecular weight excluding hydrogens is 392 g/mol. The molecule has 2 heterocycles. The molecule has 1 aromatic heterocycles. The maximum absolute atomic E-state index is 12.7. The summed E-state index contributed by atoms with van der Waals surface area (Å²) in [4.78, 5) is 14.3. The Morgan fingerprint density at radius 2 is 1.97 bits per heavy atom. The summed E-state index contributed by atoms with van der Waals surface area (Å²) >= 11 is 0. The lowest BCUT2D eigenvalue weighted by atomic mass is 10.1. The van der Waals surface area contributed by atoms with E-state index in [9.17, 15) is 13.2 Å². The molecule has 1 aliphatic heterocycles. The summed E-state index contributed by atoms with van der Waals surface area (Å²) in [7, 11) is -3.73. The van der Waals surface area contributed by atoms with Crippen molar-refractivity contribution in [2.45, 2.75) is 18.2 Å². The van der Waals surface area contributed by atoms with Gasteiger partial charge < -0.3 is 14.1 Å². The smallest absolute Gasteiger partial charge is 0.293 e. The SMILES string of the molecule is CCOc1ccc(S(=O)(=O)Nc2ccc3c(c2)CCN3C(=O)c2ccco2)cc1. The maximum atomic E-state index is 12.7. The first-order chi connectivity index (χ1) is 14.0. The normalized spacial score (nSPS) is 13.2. The van der Waals surface area contributed by atoms with E-state index in [2.05, 4.69) is 4.72 Å². The van der Waals surface area contributed by atoms with E-state index < -0.39 is 10.0 Å². The van der Waals surface area contributed by atoms with Crippen molar-refractivity contribution in [3.05, 3.63) is 72.2 Å². The number of fused-ring (bicyclic) bond motifs is 1. The van der Waals surface area contributed by atoms with Crippen LogP contribution in [0.4, 0.5) is 11.4 Å². The van der Waals surface area contributed by atoms with Gasteiger partial charge in [-0.25, -0.2) is 8.42 Å². The predicted molar refractivity (Wildman–Crippen MR) is 109 cm³/mol. The van der Waals surface area contributed by atoms with Gasteiger partial charge in [0.1, 0.15) is 5.75 Å². The average Bonchev–Trinajstić information content (AvgIpc) is 3.38. The van der Waals surface area contributed by atoms with E-state index in [1.54, 1.807) is 47.4 Å². The van der Waals surface area contributed by atoms with Gasteiger partial charge in [0.05, 0.1) is 17.8 Å². The Morgan fingerprint density at radius 1 is 1.17 bits per heavy atom. The fourth-order valence-corrected chi connectivity index (χ4v) is 4.35. The molecule has 3 aromatic rings. The quantitative estimate of drug-likeness (QED) is 0.667. The van der Waals surface area contributed by atoms with Crippen molar-refractivity contribution in [2.24, 2.45) is 0 Å². The lowest BCUT2D eigenvalue weighted by Crippen LogP contribution is -2.28. The van der Waals surface area contributed by atoms with Gasteiger partial charge in [-0.05, 0) is 73.5 Å². The summed E-state index contributed by atoms with van der Waals surface area (Å²) in [6.45, 7) is 2.90. The van der Waals surface area contributed by atoms with Crippen molar-refractivity contribution in [1.82, 2.24) is 0 Å².